The molecule has 0 bridgehead atoms. The molecule has 0 radical (unpaired) electrons. The topological polar surface area (TPSA) is 53.9 Å². The summed E-state index contributed by atoms with van der Waals surface area (Å²) in [5, 5.41) is 10.7. The predicted octanol–water partition coefficient (Wildman–Crippen LogP) is 2.51. The minimum atomic E-state index is 0.441. The van der Waals surface area contributed by atoms with Crippen LogP contribution in [0.25, 0.3) is 11.3 Å². The Morgan fingerprint density at radius 1 is 1.50 bits per heavy atom. The van der Waals surface area contributed by atoms with Gasteiger partial charge in [0.2, 0.25) is 0 Å². The summed E-state index contributed by atoms with van der Waals surface area (Å²) in [6, 6.07) is 1.93. The third kappa shape index (κ3) is 1.88. The number of nitrogens with zero attached hydrogens (tertiary/aromatic N) is 1. The molecule has 0 unspecified atom stereocenters. The molecule has 2 aromatic rings. The van der Waals surface area contributed by atoms with Crippen LogP contribution in [0.15, 0.2) is 23.0 Å². The molecule has 16 heavy (non-hydrogen) atoms. The molecule has 0 saturated carbocycles. The average Bonchev–Trinajstić information content (AvgIpc) is 2.84. The van der Waals surface area contributed by atoms with Crippen molar-refractivity contribution in [3.63, 3.8) is 0 Å². The van der Waals surface area contributed by atoms with Crippen molar-refractivity contribution >= 4 is 0 Å². The van der Waals surface area contributed by atoms with Gasteiger partial charge in [-0.15, -0.1) is 0 Å². The van der Waals surface area contributed by atoms with Crippen LogP contribution in [-0.2, 0) is 6.54 Å². The van der Waals surface area contributed by atoms with Gasteiger partial charge in [0.15, 0.2) is 0 Å². The highest BCUT2D eigenvalue weighted by Crippen LogP contribution is 2.27. The van der Waals surface area contributed by atoms with E-state index < -0.39 is 0 Å². The molecule has 86 valence electrons. The van der Waals surface area contributed by atoms with Crippen LogP contribution in [0.4, 0.5) is 0 Å². The number of aromatic amines is 1. The smallest absolute Gasteiger partial charge is 0.100 e. The monoisotopic (exact) mass is 219 g/mol. The fraction of sp³-hybridized carbons (Fsp3) is 0.417. The fourth-order valence-corrected chi connectivity index (χ4v) is 1.85. The lowest BCUT2D eigenvalue weighted by Crippen LogP contribution is -2.08. The third-order valence-electron chi connectivity index (χ3n) is 2.62. The lowest BCUT2D eigenvalue weighted by atomic mass is 10.0. The Hall–Kier alpha value is -1.55. The molecule has 0 amide bonds. The molecule has 0 spiro atoms. The van der Waals surface area contributed by atoms with Crippen LogP contribution < -0.4 is 5.32 Å². The van der Waals surface area contributed by atoms with E-state index in [0.29, 0.717) is 5.92 Å². The van der Waals surface area contributed by atoms with E-state index in [4.69, 9.17) is 4.42 Å². The standard InChI is InChI=1S/C12H17N3O/c1-8(2)11-10(6-13-3)12(15-14-11)9-4-5-16-7-9/h4-5,7-8,13H,6H2,1-3H3,(H,14,15). The number of nitrogens with one attached hydrogen (secondary N) is 2. The molecule has 2 heterocycles. The summed E-state index contributed by atoms with van der Waals surface area (Å²) >= 11 is 0. The Kier molecular flexibility index (Phi) is 3.10. The number of aromatic nitrogens is 2. The summed E-state index contributed by atoms with van der Waals surface area (Å²) in [5.41, 5.74) is 4.41. The highest BCUT2D eigenvalue weighted by atomic mass is 16.3. The first-order valence-electron chi connectivity index (χ1n) is 5.48. The summed E-state index contributed by atoms with van der Waals surface area (Å²) in [7, 11) is 1.94. The minimum Gasteiger partial charge on any atom is -0.472 e. The minimum absolute atomic E-state index is 0.441. The molecular formula is C12H17N3O. The maximum atomic E-state index is 5.10. The maximum Gasteiger partial charge on any atom is 0.100 e. The zero-order valence-electron chi connectivity index (χ0n) is 9.87. The van der Waals surface area contributed by atoms with E-state index in [1.54, 1.807) is 12.5 Å². The molecule has 0 fully saturated rings. The zero-order chi connectivity index (χ0) is 11.5. The fourth-order valence-electron chi connectivity index (χ4n) is 1.85. The third-order valence-corrected chi connectivity index (χ3v) is 2.62. The van der Waals surface area contributed by atoms with Crippen molar-refractivity contribution in [2.45, 2.75) is 26.3 Å². The number of H-pyrrole nitrogens is 1. The van der Waals surface area contributed by atoms with Gasteiger partial charge < -0.3 is 9.73 Å². The molecule has 4 heteroatoms. The molecule has 0 atom stereocenters. The van der Waals surface area contributed by atoms with E-state index in [0.717, 1.165) is 17.8 Å². The first-order chi connectivity index (χ1) is 7.74. The van der Waals surface area contributed by atoms with Gasteiger partial charge in [-0.05, 0) is 19.0 Å². The van der Waals surface area contributed by atoms with Gasteiger partial charge in [0.1, 0.15) is 5.69 Å². The molecule has 0 aliphatic heterocycles. The van der Waals surface area contributed by atoms with Crippen molar-refractivity contribution in [1.29, 1.82) is 0 Å². The van der Waals surface area contributed by atoms with Crippen molar-refractivity contribution in [2.75, 3.05) is 7.05 Å². The summed E-state index contributed by atoms with van der Waals surface area (Å²) in [4.78, 5) is 0. The molecule has 2 rings (SSSR count). The normalized spacial score (nSPS) is 11.2. The summed E-state index contributed by atoms with van der Waals surface area (Å²) in [5.74, 6) is 0.441. The Balaban J connectivity index is 2.46. The van der Waals surface area contributed by atoms with Crippen LogP contribution in [0.1, 0.15) is 31.0 Å². The molecule has 0 saturated heterocycles. The number of rotatable bonds is 4. The second kappa shape index (κ2) is 4.53. The first kappa shape index (κ1) is 11.0. The van der Waals surface area contributed by atoms with Gasteiger partial charge in [0, 0.05) is 23.4 Å². The van der Waals surface area contributed by atoms with Crippen LogP contribution in [0.3, 0.4) is 0 Å². The van der Waals surface area contributed by atoms with E-state index in [1.807, 2.05) is 13.1 Å². The summed E-state index contributed by atoms with van der Waals surface area (Å²) in [6.45, 7) is 5.13. The number of furan rings is 1. The van der Waals surface area contributed by atoms with Gasteiger partial charge in [0.25, 0.3) is 0 Å². The van der Waals surface area contributed by atoms with E-state index in [-0.39, 0.29) is 0 Å². The van der Waals surface area contributed by atoms with Crippen LogP contribution in [0, 0.1) is 0 Å². The van der Waals surface area contributed by atoms with Gasteiger partial charge in [-0.25, -0.2) is 0 Å². The van der Waals surface area contributed by atoms with Gasteiger partial charge in [-0.1, -0.05) is 13.8 Å². The number of hydrogen-bond donors (Lipinski definition) is 2. The van der Waals surface area contributed by atoms with Crippen LogP contribution >= 0.6 is 0 Å². The Bertz CT molecular complexity index is 443. The van der Waals surface area contributed by atoms with Crippen LogP contribution in [-0.4, -0.2) is 17.2 Å². The Morgan fingerprint density at radius 3 is 2.88 bits per heavy atom. The van der Waals surface area contributed by atoms with E-state index >= 15 is 0 Å². The van der Waals surface area contributed by atoms with Crippen LogP contribution in [0.2, 0.25) is 0 Å². The molecule has 0 aromatic carbocycles. The second-order valence-electron chi connectivity index (χ2n) is 4.16. The van der Waals surface area contributed by atoms with Gasteiger partial charge in [-0.2, -0.15) is 5.10 Å². The van der Waals surface area contributed by atoms with Gasteiger partial charge in [-0.3, -0.25) is 5.10 Å². The van der Waals surface area contributed by atoms with Crippen molar-refractivity contribution in [3.8, 4) is 11.3 Å². The highest BCUT2D eigenvalue weighted by Gasteiger charge is 2.16. The predicted molar refractivity (Wildman–Crippen MR) is 63.1 cm³/mol. The lowest BCUT2D eigenvalue weighted by Gasteiger charge is -2.06. The highest BCUT2D eigenvalue weighted by molar-refractivity contribution is 5.62. The van der Waals surface area contributed by atoms with Crippen molar-refractivity contribution in [1.82, 2.24) is 15.5 Å². The lowest BCUT2D eigenvalue weighted by molar-refractivity contribution is 0.568. The molecular weight excluding hydrogens is 202 g/mol. The SMILES string of the molecule is CNCc1c(-c2ccoc2)n[nH]c1C(C)C. The molecule has 4 nitrogen and oxygen atoms in total. The maximum absolute atomic E-state index is 5.10. The Labute approximate surface area is 95.1 Å². The van der Waals surface area contributed by atoms with Gasteiger partial charge >= 0.3 is 0 Å². The zero-order valence-corrected chi connectivity index (χ0v) is 9.87. The van der Waals surface area contributed by atoms with E-state index in [2.05, 4.69) is 29.4 Å². The van der Waals surface area contributed by atoms with E-state index in [1.165, 1.54) is 11.3 Å². The average molecular weight is 219 g/mol. The number of hydrogen-bond acceptors (Lipinski definition) is 3. The van der Waals surface area contributed by atoms with E-state index in [9.17, 15) is 0 Å². The van der Waals surface area contributed by atoms with Gasteiger partial charge in [0.05, 0.1) is 12.5 Å². The quantitative estimate of drug-likeness (QED) is 0.830. The Morgan fingerprint density at radius 2 is 2.31 bits per heavy atom. The molecule has 2 aromatic heterocycles. The molecule has 0 aliphatic rings. The van der Waals surface area contributed by atoms with Crippen molar-refractivity contribution < 1.29 is 4.42 Å². The van der Waals surface area contributed by atoms with Crippen LogP contribution in [0.5, 0.6) is 0 Å². The summed E-state index contributed by atoms with van der Waals surface area (Å²) < 4.78 is 5.10. The van der Waals surface area contributed by atoms with Crippen molar-refractivity contribution in [3.05, 3.63) is 29.9 Å². The molecule has 0 aliphatic carbocycles. The first-order valence-corrected chi connectivity index (χ1v) is 5.48. The largest absolute Gasteiger partial charge is 0.472 e. The second-order valence-corrected chi connectivity index (χ2v) is 4.16. The molecule has 2 N–H and O–H groups in total. The van der Waals surface area contributed by atoms with Crippen molar-refractivity contribution in [2.24, 2.45) is 0 Å². The summed E-state index contributed by atoms with van der Waals surface area (Å²) in [6.07, 6.45) is 3.39.